The van der Waals surface area contributed by atoms with E-state index < -0.39 is 0 Å². The quantitative estimate of drug-likeness (QED) is 0.829. The van der Waals surface area contributed by atoms with Crippen molar-refractivity contribution in [3.63, 3.8) is 0 Å². The largest absolute Gasteiger partial charge is 0.309 e. The molecule has 1 heterocycles. The molecule has 0 aromatic carbocycles. The lowest BCUT2D eigenvalue weighted by Crippen LogP contribution is -2.62. The summed E-state index contributed by atoms with van der Waals surface area (Å²) in [6.07, 6.45) is 13.8. The van der Waals surface area contributed by atoms with Gasteiger partial charge in [-0.1, -0.05) is 25.7 Å². The van der Waals surface area contributed by atoms with Crippen LogP contribution in [0, 0.1) is 0 Å². The van der Waals surface area contributed by atoms with Gasteiger partial charge in [0.25, 0.3) is 0 Å². The summed E-state index contributed by atoms with van der Waals surface area (Å²) >= 11 is 2.12. The molecule has 18 heavy (non-hydrogen) atoms. The summed E-state index contributed by atoms with van der Waals surface area (Å²) in [6, 6.07) is 0.869. The third kappa shape index (κ3) is 2.59. The van der Waals surface area contributed by atoms with Gasteiger partial charge in [-0.2, -0.15) is 11.8 Å². The highest BCUT2D eigenvalue weighted by molar-refractivity contribution is 7.99. The van der Waals surface area contributed by atoms with Crippen molar-refractivity contribution < 1.29 is 0 Å². The molecule has 1 N–H and O–H groups in total. The Morgan fingerprint density at radius 1 is 1.11 bits per heavy atom. The zero-order chi connectivity index (χ0) is 12.4. The van der Waals surface area contributed by atoms with Gasteiger partial charge in [0.2, 0.25) is 0 Å². The van der Waals surface area contributed by atoms with Crippen LogP contribution in [0.1, 0.15) is 51.4 Å². The predicted octanol–water partition coefficient (Wildman–Crippen LogP) is 2.88. The van der Waals surface area contributed by atoms with Crippen LogP contribution in [0.3, 0.4) is 0 Å². The van der Waals surface area contributed by atoms with Crippen molar-refractivity contribution in [1.29, 1.82) is 0 Å². The molecule has 1 spiro atoms. The number of thioether (sulfide) groups is 1. The van der Waals surface area contributed by atoms with E-state index >= 15 is 0 Å². The zero-order valence-corrected chi connectivity index (χ0v) is 12.6. The van der Waals surface area contributed by atoms with Gasteiger partial charge in [-0.05, 0) is 31.9 Å². The molecule has 2 unspecified atom stereocenters. The topological polar surface area (TPSA) is 15.3 Å². The Labute approximate surface area is 116 Å². The van der Waals surface area contributed by atoms with E-state index in [0.717, 1.165) is 11.3 Å². The van der Waals surface area contributed by atoms with Crippen molar-refractivity contribution in [2.45, 2.75) is 68.2 Å². The molecule has 0 radical (unpaired) electrons. The number of rotatable bonds is 2. The lowest BCUT2D eigenvalue weighted by molar-refractivity contribution is 0.0788. The Hall–Kier alpha value is 0.270. The van der Waals surface area contributed by atoms with Crippen LogP contribution >= 0.6 is 11.8 Å². The molecular formula is C15H28N2S. The van der Waals surface area contributed by atoms with Crippen LogP contribution in [-0.2, 0) is 0 Å². The molecule has 0 aromatic heterocycles. The van der Waals surface area contributed by atoms with Crippen LogP contribution in [0.25, 0.3) is 0 Å². The van der Waals surface area contributed by atoms with Gasteiger partial charge in [-0.25, -0.2) is 0 Å². The summed E-state index contributed by atoms with van der Waals surface area (Å²) in [5, 5.41) is 4.75. The number of nitrogens with zero attached hydrogens (tertiary/aromatic N) is 1. The molecule has 2 nitrogen and oxygen atoms in total. The van der Waals surface area contributed by atoms with Gasteiger partial charge >= 0.3 is 0 Å². The smallest absolute Gasteiger partial charge is 0.0309 e. The number of hydrogen-bond acceptors (Lipinski definition) is 3. The standard InChI is InChI=1S/C15H28N2S/c1-18-14-7-3-2-6-13(14)17-11-10-16-15(12-17)8-4-5-9-15/h13-14,16H,2-12H2,1H3. The van der Waals surface area contributed by atoms with Crippen LogP contribution in [0.2, 0.25) is 0 Å². The lowest BCUT2D eigenvalue weighted by Gasteiger charge is -2.48. The first-order valence-electron chi connectivity index (χ1n) is 7.85. The average molecular weight is 268 g/mol. The minimum Gasteiger partial charge on any atom is -0.309 e. The van der Waals surface area contributed by atoms with Gasteiger partial charge in [0, 0.05) is 36.5 Å². The van der Waals surface area contributed by atoms with Crippen molar-refractivity contribution in [2.75, 3.05) is 25.9 Å². The fourth-order valence-electron chi connectivity index (χ4n) is 4.43. The Morgan fingerprint density at radius 3 is 2.67 bits per heavy atom. The first-order chi connectivity index (χ1) is 8.83. The molecule has 2 saturated carbocycles. The first-order valence-corrected chi connectivity index (χ1v) is 9.14. The van der Waals surface area contributed by atoms with E-state index in [1.165, 1.54) is 71.0 Å². The second-order valence-corrected chi connectivity index (χ2v) is 7.59. The van der Waals surface area contributed by atoms with E-state index in [4.69, 9.17) is 0 Å². The molecule has 3 rings (SSSR count). The second-order valence-electron chi connectivity index (χ2n) is 6.51. The zero-order valence-electron chi connectivity index (χ0n) is 11.8. The number of piperazine rings is 1. The number of hydrogen-bond donors (Lipinski definition) is 1. The summed E-state index contributed by atoms with van der Waals surface area (Å²) in [7, 11) is 0. The highest BCUT2D eigenvalue weighted by atomic mass is 32.2. The Kier molecular flexibility index (Phi) is 4.21. The van der Waals surface area contributed by atoms with E-state index in [1.807, 2.05) is 0 Å². The molecule has 1 aliphatic heterocycles. The Bertz CT molecular complexity index is 276. The molecule has 104 valence electrons. The minimum atomic E-state index is 0.499. The van der Waals surface area contributed by atoms with Gasteiger partial charge in [0.15, 0.2) is 0 Å². The molecule has 3 heteroatoms. The van der Waals surface area contributed by atoms with Crippen LogP contribution in [-0.4, -0.2) is 47.6 Å². The van der Waals surface area contributed by atoms with Crippen molar-refractivity contribution in [2.24, 2.45) is 0 Å². The van der Waals surface area contributed by atoms with Crippen molar-refractivity contribution in [3.8, 4) is 0 Å². The van der Waals surface area contributed by atoms with Crippen LogP contribution in [0.15, 0.2) is 0 Å². The van der Waals surface area contributed by atoms with Gasteiger partial charge in [-0.15, -0.1) is 0 Å². The van der Waals surface area contributed by atoms with Gasteiger partial charge in [-0.3, -0.25) is 4.90 Å². The average Bonchev–Trinajstić information content (AvgIpc) is 2.86. The molecular weight excluding hydrogens is 240 g/mol. The summed E-state index contributed by atoms with van der Waals surface area (Å²) in [5.41, 5.74) is 0.499. The maximum Gasteiger partial charge on any atom is 0.0309 e. The predicted molar refractivity (Wildman–Crippen MR) is 80.3 cm³/mol. The molecule has 0 aromatic rings. The summed E-state index contributed by atoms with van der Waals surface area (Å²) in [6.45, 7) is 3.83. The van der Waals surface area contributed by atoms with Gasteiger partial charge in [0.1, 0.15) is 0 Å². The minimum absolute atomic E-state index is 0.499. The van der Waals surface area contributed by atoms with Crippen molar-refractivity contribution >= 4 is 11.8 Å². The fourth-order valence-corrected chi connectivity index (χ4v) is 5.45. The van der Waals surface area contributed by atoms with E-state index in [-0.39, 0.29) is 0 Å². The maximum atomic E-state index is 3.85. The van der Waals surface area contributed by atoms with Crippen molar-refractivity contribution in [1.82, 2.24) is 10.2 Å². The Balaban J connectivity index is 1.67. The normalized spacial score (nSPS) is 37.2. The van der Waals surface area contributed by atoms with Crippen molar-refractivity contribution in [3.05, 3.63) is 0 Å². The van der Waals surface area contributed by atoms with Gasteiger partial charge in [0.05, 0.1) is 0 Å². The van der Waals surface area contributed by atoms with E-state index in [1.54, 1.807) is 0 Å². The molecule has 0 bridgehead atoms. The molecule has 3 fully saturated rings. The maximum absolute atomic E-state index is 3.85. The van der Waals surface area contributed by atoms with E-state index in [9.17, 15) is 0 Å². The molecule has 2 aliphatic carbocycles. The molecule has 3 aliphatic rings. The van der Waals surface area contributed by atoms with E-state index in [0.29, 0.717) is 5.54 Å². The van der Waals surface area contributed by atoms with Crippen LogP contribution in [0.5, 0.6) is 0 Å². The highest BCUT2D eigenvalue weighted by Crippen LogP contribution is 2.36. The monoisotopic (exact) mass is 268 g/mol. The number of nitrogens with one attached hydrogen (secondary N) is 1. The SMILES string of the molecule is CSC1CCCCC1N1CCNC2(CCCC2)C1. The highest BCUT2D eigenvalue weighted by Gasteiger charge is 2.41. The first kappa shape index (κ1) is 13.3. The summed E-state index contributed by atoms with van der Waals surface area (Å²) < 4.78 is 0. The third-order valence-corrected chi connectivity index (χ3v) is 6.56. The second kappa shape index (κ2) is 5.72. The summed E-state index contributed by atoms with van der Waals surface area (Å²) in [4.78, 5) is 2.85. The third-order valence-electron chi connectivity index (χ3n) is 5.40. The summed E-state index contributed by atoms with van der Waals surface area (Å²) in [5.74, 6) is 0. The molecule has 1 saturated heterocycles. The van der Waals surface area contributed by atoms with E-state index in [2.05, 4.69) is 28.2 Å². The van der Waals surface area contributed by atoms with Crippen LogP contribution < -0.4 is 5.32 Å². The van der Waals surface area contributed by atoms with Gasteiger partial charge < -0.3 is 5.32 Å². The fraction of sp³-hybridized carbons (Fsp3) is 1.00. The van der Waals surface area contributed by atoms with Crippen LogP contribution in [0.4, 0.5) is 0 Å². The molecule has 2 atom stereocenters. The lowest BCUT2D eigenvalue weighted by atomic mass is 9.89. The molecule has 0 amide bonds. The Morgan fingerprint density at radius 2 is 1.89 bits per heavy atom.